The van der Waals surface area contributed by atoms with E-state index in [-0.39, 0.29) is 22.4 Å². The molecule has 0 saturated carbocycles. The zero-order valence-corrected chi connectivity index (χ0v) is 20.4. The molecule has 5 rings (SSSR count). The highest BCUT2D eigenvalue weighted by molar-refractivity contribution is 7.85. The van der Waals surface area contributed by atoms with E-state index in [1.54, 1.807) is 28.9 Å². The van der Waals surface area contributed by atoms with E-state index >= 15 is 0 Å². The maximum absolute atomic E-state index is 13.1. The van der Waals surface area contributed by atoms with Crippen molar-refractivity contribution in [2.45, 2.75) is 36.6 Å². The average molecular weight is 507 g/mol. The van der Waals surface area contributed by atoms with Crippen LogP contribution in [0.5, 0.6) is 0 Å². The Morgan fingerprint density at radius 3 is 2.56 bits per heavy atom. The molecule has 10 heteroatoms. The highest BCUT2D eigenvalue weighted by Gasteiger charge is 2.33. The summed E-state index contributed by atoms with van der Waals surface area (Å²) in [7, 11) is -4.42. The number of piperidine rings is 1. The molecule has 2 unspecified atom stereocenters. The van der Waals surface area contributed by atoms with Gasteiger partial charge in [-0.15, -0.1) is 0 Å². The van der Waals surface area contributed by atoms with Crippen molar-refractivity contribution in [3.8, 4) is 5.69 Å². The van der Waals surface area contributed by atoms with E-state index in [9.17, 15) is 23.0 Å². The van der Waals surface area contributed by atoms with Gasteiger partial charge in [0.15, 0.2) is 0 Å². The first-order valence-electron chi connectivity index (χ1n) is 11.6. The van der Waals surface area contributed by atoms with Gasteiger partial charge in [-0.1, -0.05) is 35.9 Å². The van der Waals surface area contributed by atoms with Crippen molar-refractivity contribution < 1.29 is 22.8 Å². The lowest BCUT2D eigenvalue weighted by atomic mass is 9.86. The summed E-state index contributed by atoms with van der Waals surface area (Å²) in [5, 5.41) is 18.4. The van der Waals surface area contributed by atoms with Crippen molar-refractivity contribution in [2.75, 3.05) is 6.54 Å². The molecule has 9 nitrogen and oxygen atoms in total. The molecular formula is C26H26N4O5S. The summed E-state index contributed by atoms with van der Waals surface area (Å²) >= 11 is 0. The second-order valence-electron chi connectivity index (χ2n) is 9.29. The Hall–Kier alpha value is -3.57. The van der Waals surface area contributed by atoms with E-state index in [0.717, 1.165) is 22.2 Å². The highest BCUT2D eigenvalue weighted by atomic mass is 32.2. The molecule has 3 aromatic carbocycles. The number of aryl methyl sites for hydroxylation is 1. The van der Waals surface area contributed by atoms with Gasteiger partial charge in [-0.05, 0) is 49.2 Å². The molecule has 0 bridgehead atoms. The molecule has 1 aromatic heterocycles. The van der Waals surface area contributed by atoms with E-state index < -0.39 is 22.1 Å². The fraction of sp³-hybridized carbons (Fsp3) is 0.231. The van der Waals surface area contributed by atoms with Gasteiger partial charge in [-0.3, -0.25) is 9.35 Å². The predicted octanol–water partition coefficient (Wildman–Crippen LogP) is 2.68. The Balaban J connectivity index is 1.36. The van der Waals surface area contributed by atoms with Crippen molar-refractivity contribution in [3.05, 3.63) is 94.3 Å². The maximum Gasteiger partial charge on any atom is 0.295 e. The van der Waals surface area contributed by atoms with Gasteiger partial charge in [0.1, 0.15) is 16.5 Å². The summed E-state index contributed by atoms with van der Waals surface area (Å²) < 4.78 is 35.1. The monoisotopic (exact) mass is 506 g/mol. The number of nitrogens with one attached hydrogen (secondary N) is 1. The van der Waals surface area contributed by atoms with Gasteiger partial charge in [0, 0.05) is 29.5 Å². The topological polar surface area (TPSA) is 143 Å². The molecule has 1 aliphatic rings. The fourth-order valence-corrected chi connectivity index (χ4v) is 5.82. The summed E-state index contributed by atoms with van der Waals surface area (Å²) in [5.74, 6) is -0.518. The summed E-state index contributed by atoms with van der Waals surface area (Å²) in [6.45, 7) is 2.11. The first-order valence-corrected chi connectivity index (χ1v) is 13.0. The van der Waals surface area contributed by atoms with Crippen LogP contribution in [0.2, 0.25) is 0 Å². The number of hydrogen-bond acceptors (Lipinski definition) is 5. The lowest BCUT2D eigenvalue weighted by Gasteiger charge is -2.40. The van der Waals surface area contributed by atoms with Crippen LogP contribution in [0.15, 0.2) is 71.8 Å². The third-order valence-electron chi connectivity index (χ3n) is 6.89. The third-order valence-corrected chi connectivity index (χ3v) is 7.82. The van der Waals surface area contributed by atoms with Crippen molar-refractivity contribution in [1.29, 1.82) is 0 Å². The Morgan fingerprint density at radius 1 is 1.14 bits per heavy atom. The van der Waals surface area contributed by atoms with E-state index in [2.05, 4.69) is 5.10 Å². The first-order chi connectivity index (χ1) is 17.1. The number of benzene rings is 3. The minimum Gasteiger partial charge on any atom is -0.634 e. The van der Waals surface area contributed by atoms with Crippen molar-refractivity contribution in [2.24, 2.45) is 5.73 Å². The quantitative estimate of drug-likeness (QED) is 0.281. The number of aromatic nitrogens is 2. The fourth-order valence-electron chi connectivity index (χ4n) is 5.08. The third kappa shape index (κ3) is 4.51. The number of hydroxylamine groups is 2. The number of carbonyl (C=O) groups is 1. The molecule has 0 radical (unpaired) electrons. The Morgan fingerprint density at radius 2 is 1.89 bits per heavy atom. The summed E-state index contributed by atoms with van der Waals surface area (Å²) in [6, 6.07) is 17.1. The number of amides is 1. The molecule has 186 valence electrons. The van der Waals surface area contributed by atoms with Crippen LogP contribution in [0.1, 0.15) is 51.8 Å². The smallest absolute Gasteiger partial charge is 0.295 e. The van der Waals surface area contributed by atoms with Crippen LogP contribution in [-0.2, 0) is 10.1 Å². The molecule has 0 spiro atoms. The zero-order chi connectivity index (χ0) is 25.6. The normalized spacial score (nSPS) is 20.5. The number of primary amides is 1. The standard InChI is InChI=1S/C26H26N4O5S/c1-16-5-12-24(36(33,34)35)22(13-16)23-11-8-18(15-30(23)32)17-6-9-20(10-7-17)29-14-19-3-2-4-21(26(27)31)25(19)28-29/h2-7,9-10,12-14,18,23,30H,8,11,15H2,1H3,(H2,27,31)(H,33,34,35)/t18-,23?/m1/s1. The molecule has 0 aliphatic carbocycles. The lowest BCUT2D eigenvalue weighted by Crippen LogP contribution is -3.09. The molecule has 1 fully saturated rings. The second kappa shape index (κ2) is 9.14. The van der Waals surface area contributed by atoms with Gasteiger partial charge >= 0.3 is 0 Å². The molecule has 1 aliphatic heterocycles. The zero-order valence-electron chi connectivity index (χ0n) is 19.6. The van der Waals surface area contributed by atoms with Crippen molar-refractivity contribution in [1.82, 2.24) is 9.78 Å². The minimum atomic E-state index is -4.42. The van der Waals surface area contributed by atoms with Crippen LogP contribution < -0.4 is 10.8 Å². The molecule has 1 saturated heterocycles. The van der Waals surface area contributed by atoms with E-state index in [4.69, 9.17) is 5.73 Å². The predicted molar refractivity (Wildman–Crippen MR) is 134 cm³/mol. The van der Waals surface area contributed by atoms with Crippen LogP contribution >= 0.6 is 0 Å². The number of nitrogens with zero attached hydrogens (tertiary/aromatic N) is 2. The van der Waals surface area contributed by atoms with Crippen molar-refractivity contribution >= 4 is 26.9 Å². The lowest BCUT2D eigenvalue weighted by molar-refractivity contribution is -0.889. The molecule has 4 N–H and O–H groups in total. The molecule has 3 atom stereocenters. The van der Waals surface area contributed by atoms with Crippen LogP contribution in [0.25, 0.3) is 16.6 Å². The number of hydrogen-bond donors (Lipinski definition) is 3. The van der Waals surface area contributed by atoms with Gasteiger partial charge in [-0.2, -0.15) is 13.5 Å². The second-order valence-corrected chi connectivity index (χ2v) is 10.7. The molecule has 2 heterocycles. The largest absolute Gasteiger partial charge is 0.634 e. The number of nitrogens with two attached hydrogens (primary N) is 1. The van der Waals surface area contributed by atoms with E-state index in [1.807, 2.05) is 43.5 Å². The van der Waals surface area contributed by atoms with E-state index in [0.29, 0.717) is 29.5 Å². The van der Waals surface area contributed by atoms with Gasteiger partial charge in [0.05, 0.1) is 17.8 Å². The number of quaternary nitrogens is 1. The van der Waals surface area contributed by atoms with Crippen LogP contribution in [0.4, 0.5) is 0 Å². The Bertz CT molecular complexity index is 1560. The molecule has 36 heavy (non-hydrogen) atoms. The Kier molecular flexibility index (Phi) is 6.13. The Labute approximate surface area is 208 Å². The number of rotatable bonds is 5. The van der Waals surface area contributed by atoms with Crippen LogP contribution in [0.3, 0.4) is 0 Å². The molecule has 4 aromatic rings. The van der Waals surface area contributed by atoms with Crippen molar-refractivity contribution in [3.63, 3.8) is 0 Å². The van der Waals surface area contributed by atoms with Gasteiger partial charge in [-0.25, -0.2) is 4.68 Å². The molecular weight excluding hydrogens is 480 g/mol. The minimum absolute atomic E-state index is 0.0138. The number of fused-ring (bicyclic) bond motifs is 1. The average Bonchev–Trinajstić information content (AvgIpc) is 3.27. The highest BCUT2D eigenvalue weighted by Crippen LogP contribution is 2.32. The van der Waals surface area contributed by atoms with Gasteiger partial charge in [0.25, 0.3) is 16.0 Å². The van der Waals surface area contributed by atoms with Gasteiger partial charge < -0.3 is 16.0 Å². The first kappa shape index (κ1) is 24.1. The van der Waals surface area contributed by atoms with Crippen LogP contribution in [0, 0.1) is 12.1 Å². The van der Waals surface area contributed by atoms with Crippen LogP contribution in [-0.4, -0.2) is 35.2 Å². The summed E-state index contributed by atoms with van der Waals surface area (Å²) in [4.78, 5) is 11.5. The summed E-state index contributed by atoms with van der Waals surface area (Å²) in [6.07, 6.45) is 3.04. The molecule has 1 amide bonds. The van der Waals surface area contributed by atoms with E-state index in [1.165, 1.54) is 6.07 Å². The van der Waals surface area contributed by atoms with Gasteiger partial charge in [0.2, 0.25) is 0 Å². The number of carbonyl (C=O) groups excluding carboxylic acids is 1. The summed E-state index contributed by atoms with van der Waals surface area (Å²) in [5.41, 5.74) is 9.40. The maximum atomic E-state index is 13.1. The SMILES string of the molecule is Cc1ccc(S(=O)(=O)O)c(C2CC[C@@H](c3ccc(-n4cc5cccc(C(N)=O)c5n4)cc3)C[NH+]2[O-])c1.